The number of aliphatic hydroxyl groups is 1. The van der Waals surface area contributed by atoms with Crippen molar-refractivity contribution in [2.75, 3.05) is 6.54 Å². The lowest BCUT2D eigenvalue weighted by Crippen LogP contribution is -2.36. The average Bonchev–Trinajstić information content (AvgIpc) is 2.57. The van der Waals surface area contributed by atoms with E-state index in [9.17, 15) is 5.11 Å². The first-order chi connectivity index (χ1) is 9.16. The van der Waals surface area contributed by atoms with Crippen molar-refractivity contribution >= 4 is 11.6 Å². The van der Waals surface area contributed by atoms with Gasteiger partial charge in [0, 0.05) is 12.1 Å². The maximum Gasteiger partial charge on any atom is 0.144 e. The summed E-state index contributed by atoms with van der Waals surface area (Å²) in [6, 6.07) is 12.9. The van der Waals surface area contributed by atoms with Gasteiger partial charge in [-0.1, -0.05) is 48.0 Å². The molecule has 0 spiro atoms. The van der Waals surface area contributed by atoms with E-state index in [0.29, 0.717) is 22.9 Å². The van der Waals surface area contributed by atoms with Gasteiger partial charge in [0.1, 0.15) is 18.0 Å². The molecule has 1 atom stereocenters. The maximum absolute atomic E-state index is 11.0. The first-order valence-corrected chi connectivity index (χ1v) is 6.47. The summed E-state index contributed by atoms with van der Waals surface area (Å²) in [4.78, 5) is 0. The van der Waals surface area contributed by atoms with Crippen LogP contribution in [0.15, 0.2) is 42.5 Å². The number of ether oxygens (including phenoxy) is 1. The molecule has 2 aromatic carbocycles. The molecule has 3 nitrogen and oxygen atoms in total. The van der Waals surface area contributed by atoms with Gasteiger partial charge >= 0.3 is 0 Å². The second-order valence-corrected chi connectivity index (χ2v) is 5.03. The van der Waals surface area contributed by atoms with Crippen molar-refractivity contribution in [3.63, 3.8) is 0 Å². The fourth-order valence-corrected chi connectivity index (χ4v) is 2.77. The van der Waals surface area contributed by atoms with E-state index in [4.69, 9.17) is 22.1 Å². The van der Waals surface area contributed by atoms with Gasteiger partial charge in [0.2, 0.25) is 0 Å². The van der Waals surface area contributed by atoms with Crippen molar-refractivity contribution in [2.24, 2.45) is 5.73 Å². The monoisotopic (exact) mass is 275 g/mol. The van der Waals surface area contributed by atoms with E-state index in [0.717, 1.165) is 11.1 Å². The van der Waals surface area contributed by atoms with Gasteiger partial charge < -0.3 is 15.6 Å². The Hall–Kier alpha value is -1.55. The molecule has 0 bridgehead atoms. The minimum absolute atomic E-state index is 0.0702. The zero-order chi connectivity index (χ0) is 13.5. The molecule has 0 saturated heterocycles. The van der Waals surface area contributed by atoms with Crippen molar-refractivity contribution < 1.29 is 9.84 Å². The van der Waals surface area contributed by atoms with Gasteiger partial charge in [-0.3, -0.25) is 0 Å². The van der Waals surface area contributed by atoms with Crippen molar-refractivity contribution in [1.29, 1.82) is 0 Å². The number of benzene rings is 2. The van der Waals surface area contributed by atoms with Crippen LogP contribution in [-0.4, -0.2) is 11.7 Å². The fraction of sp³-hybridized carbons (Fsp3) is 0.200. The lowest BCUT2D eigenvalue weighted by atomic mass is 9.84. The second kappa shape index (κ2) is 4.53. The Morgan fingerprint density at radius 2 is 1.89 bits per heavy atom. The summed E-state index contributed by atoms with van der Waals surface area (Å²) in [7, 11) is 0. The SMILES string of the molecule is NCC1(O)c2ccccc2COc2c(Cl)cccc21. The molecular weight excluding hydrogens is 262 g/mol. The minimum atomic E-state index is -1.27. The molecule has 0 aromatic heterocycles. The molecule has 0 radical (unpaired) electrons. The molecule has 0 amide bonds. The van der Waals surface area contributed by atoms with Gasteiger partial charge in [-0.2, -0.15) is 0 Å². The molecule has 1 heterocycles. The van der Waals surface area contributed by atoms with E-state index in [1.165, 1.54) is 0 Å². The molecule has 0 saturated carbocycles. The van der Waals surface area contributed by atoms with Crippen LogP contribution in [0.1, 0.15) is 16.7 Å². The molecule has 3 rings (SSSR count). The Labute approximate surface area is 116 Å². The largest absolute Gasteiger partial charge is 0.487 e. The fourth-order valence-electron chi connectivity index (χ4n) is 2.55. The topological polar surface area (TPSA) is 55.5 Å². The second-order valence-electron chi connectivity index (χ2n) is 4.63. The predicted octanol–water partition coefficient (Wildman–Crippen LogP) is 2.43. The molecule has 1 aliphatic rings. The van der Waals surface area contributed by atoms with Crippen molar-refractivity contribution in [3.05, 3.63) is 64.2 Å². The van der Waals surface area contributed by atoms with E-state index >= 15 is 0 Å². The number of hydrogen-bond acceptors (Lipinski definition) is 3. The standard InChI is InChI=1S/C15H14ClNO2/c16-13-7-3-6-12-14(13)19-8-10-4-1-2-5-11(10)15(12,18)9-17/h1-7,18H,8-9,17H2. The molecule has 1 aliphatic heterocycles. The van der Waals surface area contributed by atoms with Crippen molar-refractivity contribution in [2.45, 2.75) is 12.2 Å². The minimum Gasteiger partial charge on any atom is -0.487 e. The summed E-state index contributed by atoms with van der Waals surface area (Å²) in [6.07, 6.45) is 0. The van der Waals surface area contributed by atoms with Crippen molar-refractivity contribution in [1.82, 2.24) is 0 Å². The number of hydrogen-bond donors (Lipinski definition) is 2. The molecule has 19 heavy (non-hydrogen) atoms. The van der Waals surface area contributed by atoms with Crippen LogP contribution in [0, 0.1) is 0 Å². The van der Waals surface area contributed by atoms with Crippen LogP contribution >= 0.6 is 11.6 Å². The third-order valence-electron chi connectivity index (χ3n) is 3.54. The number of rotatable bonds is 1. The number of para-hydroxylation sites is 1. The predicted molar refractivity (Wildman–Crippen MR) is 74.3 cm³/mol. The van der Waals surface area contributed by atoms with Crippen LogP contribution < -0.4 is 10.5 Å². The summed E-state index contributed by atoms with van der Waals surface area (Å²) < 4.78 is 5.76. The van der Waals surface area contributed by atoms with Gasteiger partial charge in [0.05, 0.1) is 5.02 Å². The Bertz CT molecular complexity index is 629. The molecule has 4 heteroatoms. The van der Waals surface area contributed by atoms with Gasteiger partial charge in [0.25, 0.3) is 0 Å². The Kier molecular flexibility index (Phi) is 2.97. The smallest absolute Gasteiger partial charge is 0.144 e. The van der Waals surface area contributed by atoms with E-state index < -0.39 is 5.60 Å². The highest BCUT2D eigenvalue weighted by atomic mass is 35.5. The van der Waals surface area contributed by atoms with Crippen LogP contribution in [0.3, 0.4) is 0 Å². The van der Waals surface area contributed by atoms with Crippen LogP contribution in [0.4, 0.5) is 0 Å². The molecule has 3 N–H and O–H groups in total. The van der Waals surface area contributed by atoms with Crippen molar-refractivity contribution in [3.8, 4) is 5.75 Å². The van der Waals surface area contributed by atoms with Gasteiger partial charge in [-0.25, -0.2) is 0 Å². The van der Waals surface area contributed by atoms with E-state index in [2.05, 4.69) is 0 Å². The summed E-state index contributed by atoms with van der Waals surface area (Å²) in [5, 5.41) is 11.5. The number of fused-ring (bicyclic) bond motifs is 2. The first kappa shape index (κ1) is 12.5. The molecule has 2 aromatic rings. The third kappa shape index (κ3) is 1.82. The normalized spacial score (nSPS) is 21.0. The Balaban J connectivity index is 2.31. The molecule has 1 unspecified atom stereocenters. The summed E-state index contributed by atoms with van der Waals surface area (Å²) >= 11 is 6.16. The Morgan fingerprint density at radius 3 is 2.68 bits per heavy atom. The third-order valence-corrected chi connectivity index (χ3v) is 3.84. The highest BCUT2D eigenvalue weighted by Crippen LogP contribution is 2.42. The lowest BCUT2D eigenvalue weighted by molar-refractivity contribution is 0.0894. The first-order valence-electron chi connectivity index (χ1n) is 6.09. The maximum atomic E-state index is 11.0. The highest BCUT2D eigenvalue weighted by molar-refractivity contribution is 6.32. The summed E-state index contributed by atoms with van der Waals surface area (Å²) in [5.74, 6) is 0.508. The quantitative estimate of drug-likeness (QED) is 0.840. The molecule has 0 fully saturated rings. The summed E-state index contributed by atoms with van der Waals surface area (Å²) in [6.45, 7) is 0.440. The number of nitrogens with two attached hydrogens (primary N) is 1. The molecule has 98 valence electrons. The number of halogens is 1. The van der Waals surface area contributed by atoms with Gasteiger partial charge in [-0.15, -0.1) is 0 Å². The lowest BCUT2D eigenvalue weighted by Gasteiger charge is -2.28. The van der Waals surface area contributed by atoms with E-state index in [-0.39, 0.29) is 6.54 Å². The zero-order valence-corrected chi connectivity index (χ0v) is 11.0. The van der Waals surface area contributed by atoms with Gasteiger partial charge in [0.15, 0.2) is 0 Å². The Morgan fingerprint density at radius 1 is 1.16 bits per heavy atom. The summed E-state index contributed by atoms with van der Waals surface area (Å²) in [5.41, 5.74) is 6.88. The zero-order valence-electron chi connectivity index (χ0n) is 10.3. The average molecular weight is 276 g/mol. The van der Waals surface area contributed by atoms with Crippen LogP contribution in [0.5, 0.6) is 5.75 Å². The molecular formula is C15H14ClNO2. The van der Waals surface area contributed by atoms with E-state index in [1.54, 1.807) is 18.2 Å². The van der Waals surface area contributed by atoms with Crippen LogP contribution in [0.25, 0.3) is 0 Å². The van der Waals surface area contributed by atoms with Gasteiger partial charge in [-0.05, 0) is 17.2 Å². The molecule has 0 aliphatic carbocycles. The van der Waals surface area contributed by atoms with Crippen LogP contribution in [0.2, 0.25) is 5.02 Å². The van der Waals surface area contributed by atoms with E-state index in [1.807, 2.05) is 24.3 Å². The highest BCUT2D eigenvalue weighted by Gasteiger charge is 2.37. The van der Waals surface area contributed by atoms with Crippen LogP contribution in [-0.2, 0) is 12.2 Å².